The van der Waals surface area contributed by atoms with Gasteiger partial charge in [0.1, 0.15) is 12.6 Å². The number of hydrogen-bond donors (Lipinski definition) is 3. The van der Waals surface area contributed by atoms with E-state index in [1.165, 1.54) is 6.07 Å². The number of terminal acetylenes is 1. The molecular formula is C28H24N2O5. The molecule has 1 aliphatic rings. The van der Waals surface area contributed by atoms with Crippen molar-refractivity contribution in [1.29, 1.82) is 0 Å². The van der Waals surface area contributed by atoms with E-state index in [9.17, 15) is 14.4 Å². The van der Waals surface area contributed by atoms with Gasteiger partial charge in [0.25, 0.3) is 5.91 Å². The number of carboxylic acids is 1. The second-order valence-electron chi connectivity index (χ2n) is 8.25. The number of rotatable bonds is 7. The Balaban J connectivity index is 1.40. The summed E-state index contributed by atoms with van der Waals surface area (Å²) in [6.45, 7) is 1.91. The summed E-state index contributed by atoms with van der Waals surface area (Å²) in [6, 6.07) is 19.6. The van der Waals surface area contributed by atoms with Crippen molar-refractivity contribution in [3.8, 4) is 23.5 Å². The van der Waals surface area contributed by atoms with E-state index in [0.717, 1.165) is 22.3 Å². The Bertz CT molecular complexity index is 1300. The molecule has 4 rings (SSSR count). The van der Waals surface area contributed by atoms with Crippen LogP contribution in [0.1, 0.15) is 39.4 Å². The van der Waals surface area contributed by atoms with E-state index in [1.807, 2.05) is 36.4 Å². The maximum atomic E-state index is 12.6. The highest BCUT2D eigenvalue weighted by Crippen LogP contribution is 2.44. The molecule has 0 saturated heterocycles. The van der Waals surface area contributed by atoms with Crippen molar-refractivity contribution in [3.63, 3.8) is 0 Å². The SMILES string of the molecule is C#CCC(NC(=O)c1ccc(NC(=O)OCC2c3ccccc3-c3ccccc32)c(C)c1)C(=O)O. The highest BCUT2D eigenvalue weighted by molar-refractivity contribution is 5.97. The number of anilines is 1. The minimum Gasteiger partial charge on any atom is -0.480 e. The fraction of sp³-hybridized carbons (Fsp3) is 0.179. The fourth-order valence-electron chi connectivity index (χ4n) is 4.25. The van der Waals surface area contributed by atoms with Gasteiger partial charge in [-0.25, -0.2) is 9.59 Å². The molecule has 0 aromatic heterocycles. The van der Waals surface area contributed by atoms with Crippen LogP contribution in [-0.2, 0) is 9.53 Å². The van der Waals surface area contributed by atoms with Crippen LogP contribution in [0, 0.1) is 19.3 Å². The van der Waals surface area contributed by atoms with Crippen LogP contribution in [-0.4, -0.2) is 35.7 Å². The molecule has 1 aliphatic carbocycles. The van der Waals surface area contributed by atoms with Gasteiger partial charge >= 0.3 is 12.1 Å². The maximum absolute atomic E-state index is 12.6. The Labute approximate surface area is 203 Å². The summed E-state index contributed by atoms with van der Waals surface area (Å²) in [5, 5.41) is 14.3. The van der Waals surface area contributed by atoms with Crippen LogP contribution >= 0.6 is 0 Å². The number of hydrogen-bond acceptors (Lipinski definition) is 4. The first-order valence-corrected chi connectivity index (χ1v) is 11.1. The summed E-state index contributed by atoms with van der Waals surface area (Å²) < 4.78 is 5.57. The molecule has 0 fully saturated rings. The molecule has 0 aliphatic heterocycles. The molecule has 0 saturated carbocycles. The van der Waals surface area contributed by atoms with Gasteiger partial charge in [0.15, 0.2) is 0 Å². The summed E-state index contributed by atoms with van der Waals surface area (Å²) in [5.41, 5.74) is 5.90. The number of carbonyl (C=O) groups is 3. The van der Waals surface area contributed by atoms with E-state index >= 15 is 0 Å². The van der Waals surface area contributed by atoms with Gasteiger partial charge in [-0.2, -0.15) is 0 Å². The molecule has 7 nitrogen and oxygen atoms in total. The van der Waals surface area contributed by atoms with E-state index in [1.54, 1.807) is 19.1 Å². The topological polar surface area (TPSA) is 105 Å². The molecule has 0 bridgehead atoms. The lowest BCUT2D eigenvalue weighted by atomic mass is 9.98. The van der Waals surface area contributed by atoms with E-state index in [-0.39, 0.29) is 24.5 Å². The van der Waals surface area contributed by atoms with E-state index in [0.29, 0.717) is 11.3 Å². The Kier molecular flexibility index (Phi) is 6.83. The van der Waals surface area contributed by atoms with Gasteiger partial charge in [-0.15, -0.1) is 12.3 Å². The first kappa shape index (κ1) is 23.6. The smallest absolute Gasteiger partial charge is 0.411 e. The van der Waals surface area contributed by atoms with Crippen LogP contribution in [0.5, 0.6) is 0 Å². The summed E-state index contributed by atoms with van der Waals surface area (Å²) in [5.74, 6) is 0.411. The average molecular weight is 469 g/mol. The van der Waals surface area contributed by atoms with Crippen LogP contribution in [0.3, 0.4) is 0 Å². The molecule has 7 heteroatoms. The van der Waals surface area contributed by atoms with E-state index < -0.39 is 24.0 Å². The highest BCUT2D eigenvalue weighted by atomic mass is 16.5. The number of ether oxygens (including phenoxy) is 1. The quantitative estimate of drug-likeness (QED) is 0.441. The molecule has 3 aromatic carbocycles. The largest absolute Gasteiger partial charge is 0.480 e. The second-order valence-corrected chi connectivity index (χ2v) is 8.25. The fourth-order valence-corrected chi connectivity index (χ4v) is 4.25. The van der Waals surface area contributed by atoms with Crippen molar-refractivity contribution < 1.29 is 24.2 Å². The number of nitrogens with one attached hydrogen (secondary N) is 2. The molecule has 0 radical (unpaired) electrons. The zero-order chi connectivity index (χ0) is 24.9. The standard InChI is InChI=1S/C28H24N2O5/c1-3-8-25(27(32)33)29-26(31)18-13-14-24(17(2)15-18)30-28(34)35-16-23-21-11-6-4-9-19(21)20-10-5-7-12-22(20)23/h1,4-7,9-15,23,25H,8,16H2,2H3,(H,29,31)(H,30,34)(H,32,33). The number of benzene rings is 3. The average Bonchev–Trinajstić information content (AvgIpc) is 3.17. The first-order valence-electron chi connectivity index (χ1n) is 11.1. The van der Waals surface area contributed by atoms with Crippen molar-refractivity contribution >= 4 is 23.7 Å². The lowest BCUT2D eigenvalue weighted by molar-refractivity contribution is -0.139. The van der Waals surface area contributed by atoms with Crippen LogP contribution in [0.15, 0.2) is 66.7 Å². The maximum Gasteiger partial charge on any atom is 0.411 e. The zero-order valence-electron chi connectivity index (χ0n) is 19.1. The van der Waals surface area contributed by atoms with Crippen molar-refractivity contribution in [2.45, 2.75) is 25.3 Å². The Morgan fingerprint density at radius 3 is 2.23 bits per heavy atom. The summed E-state index contributed by atoms with van der Waals surface area (Å²) >= 11 is 0. The minimum absolute atomic E-state index is 0.0505. The normalized spacial score (nSPS) is 12.6. The molecule has 0 heterocycles. The van der Waals surface area contributed by atoms with Gasteiger partial charge in [-0.3, -0.25) is 10.1 Å². The molecule has 3 N–H and O–H groups in total. The number of carboxylic acid groups (broad SMARTS) is 1. The van der Waals surface area contributed by atoms with Crippen LogP contribution in [0.4, 0.5) is 10.5 Å². The van der Waals surface area contributed by atoms with Gasteiger partial charge in [-0.1, -0.05) is 48.5 Å². The molecule has 176 valence electrons. The lowest BCUT2D eigenvalue weighted by Gasteiger charge is -2.16. The van der Waals surface area contributed by atoms with Gasteiger partial charge in [-0.05, 0) is 52.9 Å². The van der Waals surface area contributed by atoms with Crippen molar-refractivity contribution in [3.05, 3.63) is 89.0 Å². The number of amides is 2. The van der Waals surface area contributed by atoms with Crippen molar-refractivity contribution in [2.24, 2.45) is 0 Å². The minimum atomic E-state index is -1.21. The molecule has 2 amide bonds. The third kappa shape index (κ3) is 5.02. The van der Waals surface area contributed by atoms with Crippen molar-refractivity contribution in [2.75, 3.05) is 11.9 Å². The highest BCUT2D eigenvalue weighted by Gasteiger charge is 2.29. The van der Waals surface area contributed by atoms with Gasteiger partial charge in [0.05, 0.1) is 0 Å². The number of aliphatic carboxylic acids is 1. The molecular weight excluding hydrogens is 444 g/mol. The number of aryl methyl sites for hydroxylation is 1. The molecule has 3 aromatic rings. The van der Waals surface area contributed by atoms with Crippen LogP contribution in [0.2, 0.25) is 0 Å². The number of carbonyl (C=O) groups excluding carboxylic acids is 2. The predicted octanol–water partition coefficient (Wildman–Crippen LogP) is 4.56. The Morgan fingerprint density at radius 2 is 1.66 bits per heavy atom. The Hall–Kier alpha value is -4.57. The third-order valence-corrected chi connectivity index (χ3v) is 5.99. The van der Waals surface area contributed by atoms with Crippen LogP contribution in [0.25, 0.3) is 11.1 Å². The van der Waals surface area contributed by atoms with Crippen molar-refractivity contribution in [1.82, 2.24) is 5.32 Å². The summed E-state index contributed by atoms with van der Waals surface area (Å²) in [6.07, 6.45) is 4.44. The van der Waals surface area contributed by atoms with Crippen LogP contribution < -0.4 is 10.6 Å². The third-order valence-electron chi connectivity index (χ3n) is 5.99. The second kappa shape index (κ2) is 10.1. The predicted molar refractivity (Wildman–Crippen MR) is 132 cm³/mol. The van der Waals surface area contributed by atoms with Gasteiger partial charge in [0, 0.05) is 23.6 Å². The monoisotopic (exact) mass is 468 g/mol. The number of fused-ring (bicyclic) bond motifs is 3. The van der Waals surface area contributed by atoms with Gasteiger partial charge in [0.2, 0.25) is 0 Å². The zero-order valence-corrected chi connectivity index (χ0v) is 19.1. The first-order chi connectivity index (χ1) is 16.9. The van der Waals surface area contributed by atoms with E-state index in [2.05, 4.69) is 28.7 Å². The Morgan fingerprint density at radius 1 is 1.03 bits per heavy atom. The lowest BCUT2D eigenvalue weighted by Crippen LogP contribution is -2.40. The summed E-state index contributed by atoms with van der Waals surface area (Å²) in [4.78, 5) is 36.2. The molecule has 1 unspecified atom stereocenters. The van der Waals surface area contributed by atoms with Gasteiger partial charge < -0.3 is 15.2 Å². The summed E-state index contributed by atoms with van der Waals surface area (Å²) in [7, 11) is 0. The van der Waals surface area contributed by atoms with E-state index in [4.69, 9.17) is 16.3 Å². The molecule has 0 spiro atoms. The molecule has 1 atom stereocenters. The molecule has 35 heavy (non-hydrogen) atoms.